The Labute approximate surface area is 164 Å². The van der Waals surface area contributed by atoms with E-state index in [-0.39, 0.29) is 23.1 Å². The van der Waals surface area contributed by atoms with Crippen molar-refractivity contribution >= 4 is 11.0 Å². The van der Waals surface area contributed by atoms with Gasteiger partial charge in [0, 0.05) is 12.7 Å². The Kier molecular flexibility index (Phi) is 5.29. The number of aliphatic hydroxyl groups is 5. The Morgan fingerprint density at radius 1 is 1.21 bits per heavy atom. The number of hydrogen-bond acceptors (Lipinski definition) is 9. The normalized spacial score (nSPS) is 34.5. The monoisotopic (exact) mass is 408 g/mol. The lowest BCUT2D eigenvalue weighted by atomic mass is 10.1. The van der Waals surface area contributed by atoms with Crippen LogP contribution in [0.15, 0.2) is 23.1 Å². The summed E-state index contributed by atoms with van der Waals surface area (Å²) in [6.45, 7) is 1.32. The summed E-state index contributed by atoms with van der Waals surface area (Å²) in [5.74, 6) is 0.366. The summed E-state index contributed by atoms with van der Waals surface area (Å²) < 4.78 is 7.05. The first-order chi connectivity index (χ1) is 13.8. The van der Waals surface area contributed by atoms with Crippen molar-refractivity contribution in [2.75, 3.05) is 6.61 Å². The molecule has 11 nitrogen and oxygen atoms in total. The smallest absolute Gasteiger partial charge is 0.260 e. The maximum absolute atomic E-state index is 12.6. The summed E-state index contributed by atoms with van der Waals surface area (Å²) >= 11 is 0. The molecule has 11 heteroatoms. The summed E-state index contributed by atoms with van der Waals surface area (Å²) in [5, 5.41) is 52.7. The molecular weight excluding hydrogens is 384 g/mol. The Balaban J connectivity index is 1.71. The summed E-state index contributed by atoms with van der Waals surface area (Å²) in [6.07, 6.45) is -1.84. The van der Waals surface area contributed by atoms with Crippen molar-refractivity contribution in [1.82, 2.24) is 19.9 Å². The van der Waals surface area contributed by atoms with Crippen LogP contribution in [0.3, 0.4) is 0 Å². The number of rotatable bonds is 5. The first kappa shape index (κ1) is 20.2. The second-order valence-corrected chi connectivity index (χ2v) is 7.41. The number of ether oxygens (including phenoxy) is 1. The molecule has 1 aliphatic heterocycles. The Bertz CT molecular complexity index is 986. The van der Waals surface area contributed by atoms with Crippen molar-refractivity contribution in [3.8, 4) is 0 Å². The molecule has 1 saturated heterocycles. The van der Waals surface area contributed by atoms with Crippen molar-refractivity contribution in [1.29, 1.82) is 0 Å². The van der Waals surface area contributed by atoms with E-state index in [4.69, 9.17) is 4.74 Å². The molecule has 7 atom stereocenters. The highest BCUT2D eigenvalue weighted by molar-refractivity contribution is 5.79. The number of aliphatic hydroxyl groups excluding tert-OH is 5. The number of aromatic nitrogens is 3. The Morgan fingerprint density at radius 2 is 1.97 bits per heavy atom. The van der Waals surface area contributed by atoms with Gasteiger partial charge in [0.25, 0.3) is 5.56 Å². The highest BCUT2D eigenvalue weighted by atomic mass is 16.6. The van der Waals surface area contributed by atoms with Crippen molar-refractivity contribution in [3.63, 3.8) is 0 Å². The largest absolute Gasteiger partial charge is 0.394 e. The van der Waals surface area contributed by atoms with E-state index in [1.165, 1.54) is 10.6 Å². The molecule has 29 heavy (non-hydrogen) atoms. The standard InChI is InChI=1S/C18H24N4O7/c1-7-20-16-12(17(28)21-7)8(4-19-9-2-3-10(24)13(9)25)5-22(16)18-15(27)14(26)11(6-23)29-18/h2-3,5,9-11,13-15,18-19,23-27H,4,6H2,1H3,(H,20,21,28). The van der Waals surface area contributed by atoms with E-state index in [0.29, 0.717) is 11.4 Å². The Morgan fingerprint density at radius 3 is 2.59 bits per heavy atom. The molecule has 1 aliphatic carbocycles. The average molecular weight is 408 g/mol. The quantitative estimate of drug-likeness (QED) is 0.262. The van der Waals surface area contributed by atoms with Crippen LogP contribution in [-0.2, 0) is 11.3 Å². The predicted octanol–water partition coefficient (Wildman–Crippen LogP) is -2.61. The number of hydrogen-bond donors (Lipinski definition) is 7. The molecule has 1 fully saturated rings. The van der Waals surface area contributed by atoms with E-state index in [2.05, 4.69) is 15.3 Å². The van der Waals surface area contributed by atoms with Gasteiger partial charge < -0.3 is 45.1 Å². The van der Waals surface area contributed by atoms with E-state index in [0.717, 1.165) is 0 Å². The molecule has 0 bridgehead atoms. The van der Waals surface area contributed by atoms with Gasteiger partial charge in [-0.25, -0.2) is 4.98 Å². The molecule has 158 valence electrons. The molecule has 0 radical (unpaired) electrons. The molecule has 0 spiro atoms. The van der Waals surface area contributed by atoms with Crippen molar-refractivity contribution < 1.29 is 30.3 Å². The van der Waals surface area contributed by atoms with E-state index >= 15 is 0 Å². The SMILES string of the molecule is Cc1nc2c(c(CNC3C=CC(O)C3O)cn2C2OC(CO)C(O)C2O)c(=O)[nH]1. The van der Waals surface area contributed by atoms with Crippen molar-refractivity contribution in [2.45, 2.75) is 56.3 Å². The lowest BCUT2D eigenvalue weighted by Gasteiger charge is -2.18. The van der Waals surface area contributed by atoms with Gasteiger partial charge in [-0.1, -0.05) is 12.2 Å². The van der Waals surface area contributed by atoms with Crippen LogP contribution in [0.4, 0.5) is 0 Å². The molecule has 0 saturated carbocycles. The van der Waals surface area contributed by atoms with Crippen LogP contribution >= 0.6 is 0 Å². The topological polar surface area (TPSA) is 173 Å². The van der Waals surface area contributed by atoms with Gasteiger partial charge in [-0.05, 0) is 12.5 Å². The van der Waals surface area contributed by atoms with E-state index in [9.17, 15) is 30.3 Å². The Hall–Kier alpha value is -2.12. The number of fused-ring (bicyclic) bond motifs is 1. The molecule has 4 rings (SSSR count). The van der Waals surface area contributed by atoms with Crippen LogP contribution in [0.5, 0.6) is 0 Å². The predicted molar refractivity (Wildman–Crippen MR) is 99.9 cm³/mol. The third kappa shape index (κ3) is 3.40. The minimum absolute atomic E-state index is 0.172. The van der Waals surface area contributed by atoms with Crippen LogP contribution in [0.1, 0.15) is 17.6 Å². The van der Waals surface area contributed by atoms with Gasteiger partial charge in [0.05, 0.1) is 24.1 Å². The molecule has 2 aromatic heterocycles. The molecular formula is C18H24N4O7. The van der Waals surface area contributed by atoms with Gasteiger partial charge in [-0.2, -0.15) is 0 Å². The first-order valence-corrected chi connectivity index (χ1v) is 9.32. The van der Waals surface area contributed by atoms with Crippen molar-refractivity contribution in [2.24, 2.45) is 0 Å². The van der Waals surface area contributed by atoms with Gasteiger partial charge in [-0.15, -0.1) is 0 Å². The molecule has 3 heterocycles. The summed E-state index contributed by atoms with van der Waals surface area (Å²) in [7, 11) is 0. The van der Waals surface area contributed by atoms with Gasteiger partial charge in [0.1, 0.15) is 35.9 Å². The minimum atomic E-state index is -1.32. The lowest BCUT2D eigenvalue weighted by Crippen LogP contribution is -2.40. The third-order valence-corrected chi connectivity index (χ3v) is 5.43. The highest BCUT2D eigenvalue weighted by Crippen LogP contribution is 2.32. The number of aromatic amines is 1. The molecule has 2 aromatic rings. The highest BCUT2D eigenvalue weighted by Gasteiger charge is 2.44. The van der Waals surface area contributed by atoms with Crippen molar-refractivity contribution in [3.05, 3.63) is 40.1 Å². The summed E-state index contributed by atoms with van der Waals surface area (Å²) in [4.78, 5) is 19.6. The zero-order valence-corrected chi connectivity index (χ0v) is 15.6. The molecule has 0 amide bonds. The van der Waals surface area contributed by atoms with Crippen LogP contribution < -0.4 is 10.9 Å². The van der Waals surface area contributed by atoms with Gasteiger partial charge in [-0.3, -0.25) is 4.79 Å². The zero-order valence-electron chi connectivity index (χ0n) is 15.6. The minimum Gasteiger partial charge on any atom is -0.394 e. The first-order valence-electron chi connectivity index (χ1n) is 9.32. The van der Waals surface area contributed by atoms with Gasteiger partial charge >= 0.3 is 0 Å². The molecule has 7 unspecified atom stereocenters. The molecule has 7 N–H and O–H groups in total. The lowest BCUT2D eigenvalue weighted by molar-refractivity contribution is -0.0509. The van der Waals surface area contributed by atoms with E-state index in [1.54, 1.807) is 19.2 Å². The second-order valence-electron chi connectivity index (χ2n) is 7.41. The van der Waals surface area contributed by atoms with Crippen LogP contribution in [0, 0.1) is 6.92 Å². The molecule has 0 aromatic carbocycles. The number of nitrogens with one attached hydrogen (secondary N) is 2. The fourth-order valence-electron chi connectivity index (χ4n) is 3.87. The number of H-pyrrole nitrogens is 1. The summed E-state index contributed by atoms with van der Waals surface area (Å²) in [5.41, 5.74) is 0.422. The van der Waals surface area contributed by atoms with Crippen LogP contribution in [0.2, 0.25) is 0 Å². The zero-order chi connectivity index (χ0) is 20.9. The van der Waals surface area contributed by atoms with Crippen LogP contribution in [0.25, 0.3) is 11.0 Å². The van der Waals surface area contributed by atoms with Gasteiger partial charge in [0.15, 0.2) is 6.23 Å². The fraction of sp³-hybridized carbons (Fsp3) is 0.556. The number of aryl methyl sites for hydroxylation is 1. The maximum Gasteiger partial charge on any atom is 0.260 e. The van der Waals surface area contributed by atoms with E-state index < -0.39 is 49.4 Å². The number of nitrogens with zero attached hydrogens (tertiary/aromatic N) is 2. The second kappa shape index (κ2) is 7.61. The third-order valence-electron chi connectivity index (χ3n) is 5.43. The molecule has 2 aliphatic rings. The van der Waals surface area contributed by atoms with E-state index in [1.807, 2.05) is 0 Å². The van der Waals surface area contributed by atoms with Gasteiger partial charge in [0.2, 0.25) is 0 Å². The maximum atomic E-state index is 12.6. The fourth-order valence-corrected chi connectivity index (χ4v) is 3.87. The average Bonchev–Trinajstić information content (AvgIpc) is 3.29. The summed E-state index contributed by atoms with van der Waals surface area (Å²) in [6, 6.07) is -0.491. The van der Waals surface area contributed by atoms with Crippen LogP contribution in [-0.4, -0.2) is 83.2 Å².